The van der Waals surface area contributed by atoms with E-state index in [-0.39, 0.29) is 5.91 Å². The molecular weight excluding hydrogens is 252 g/mol. The summed E-state index contributed by atoms with van der Waals surface area (Å²) >= 11 is 0. The molecule has 2 heterocycles. The Hall–Kier alpha value is -1.39. The van der Waals surface area contributed by atoms with Crippen molar-refractivity contribution in [2.45, 2.75) is 71.3 Å². The summed E-state index contributed by atoms with van der Waals surface area (Å²) < 4.78 is 2.25. The summed E-state index contributed by atoms with van der Waals surface area (Å²) in [6.07, 6.45) is 9.44. The Balaban J connectivity index is 1.74. The number of unbranched alkanes of at least 4 members (excludes halogenated alkanes) is 2. The molecule has 20 heavy (non-hydrogen) atoms. The number of rotatable bonds is 7. The molecule has 1 N–H and O–H groups in total. The Morgan fingerprint density at radius 2 is 2.15 bits per heavy atom. The van der Waals surface area contributed by atoms with Gasteiger partial charge in [0, 0.05) is 32.4 Å². The molecule has 0 aliphatic carbocycles. The lowest BCUT2D eigenvalue weighted by Crippen LogP contribution is -2.26. The molecule has 0 atom stereocenters. The molecular formula is C15H26N4O. The first-order valence-electron chi connectivity index (χ1n) is 7.99. The van der Waals surface area contributed by atoms with Gasteiger partial charge in [0.05, 0.1) is 0 Å². The number of aryl methyl sites for hydroxylation is 1. The monoisotopic (exact) mass is 278 g/mol. The first-order chi connectivity index (χ1) is 9.81. The molecule has 1 aliphatic rings. The van der Waals surface area contributed by atoms with Crippen molar-refractivity contribution >= 4 is 5.91 Å². The maximum Gasteiger partial charge on any atom is 0.220 e. The summed E-state index contributed by atoms with van der Waals surface area (Å²) in [7, 11) is 0. The lowest BCUT2D eigenvalue weighted by atomic mass is 10.2. The van der Waals surface area contributed by atoms with E-state index in [4.69, 9.17) is 0 Å². The molecule has 1 aromatic rings. The van der Waals surface area contributed by atoms with Crippen molar-refractivity contribution in [2.75, 3.05) is 6.54 Å². The summed E-state index contributed by atoms with van der Waals surface area (Å²) in [6.45, 7) is 3.85. The molecule has 0 bridgehead atoms. The van der Waals surface area contributed by atoms with Crippen LogP contribution in [0.5, 0.6) is 0 Å². The van der Waals surface area contributed by atoms with Crippen molar-refractivity contribution in [1.29, 1.82) is 0 Å². The Morgan fingerprint density at radius 3 is 3.00 bits per heavy atom. The number of hydrogen-bond acceptors (Lipinski definition) is 3. The third-order valence-corrected chi connectivity index (χ3v) is 3.86. The molecule has 5 nitrogen and oxygen atoms in total. The van der Waals surface area contributed by atoms with Crippen LogP contribution in [0.4, 0.5) is 0 Å². The number of aromatic nitrogens is 3. The van der Waals surface area contributed by atoms with E-state index in [1.165, 1.54) is 19.3 Å². The van der Waals surface area contributed by atoms with E-state index < -0.39 is 0 Å². The highest BCUT2D eigenvalue weighted by Gasteiger charge is 2.14. The zero-order valence-electron chi connectivity index (χ0n) is 12.5. The molecule has 1 amide bonds. The molecule has 1 aliphatic heterocycles. The Labute approximate surface area is 121 Å². The predicted molar refractivity (Wildman–Crippen MR) is 78.4 cm³/mol. The van der Waals surface area contributed by atoms with Crippen molar-refractivity contribution < 1.29 is 4.79 Å². The molecule has 0 saturated carbocycles. The Kier molecular flexibility index (Phi) is 6.02. The lowest BCUT2D eigenvalue weighted by molar-refractivity contribution is -0.121. The van der Waals surface area contributed by atoms with Crippen LogP contribution in [-0.4, -0.2) is 27.2 Å². The first kappa shape index (κ1) is 15.0. The fourth-order valence-corrected chi connectivity index (χ4v) is 2.67. The van der Waals surface area contributed by atoms with Crippen LogP contribution in [0.3, 0.4) is 0 Å². The van der Waals surface area contributed by atoms with E-state index in [1.54, 1.807) is 0 Å². The van der Waals surface area contributed by atoms with Crippen LogP contribution < -0.4 is 5.32 Å². The van der Waals surface area contributed by atoms with Crippen molar-refractivity contribution in [3.63, 3.8) is 0 Å². The zero-order chi connectivity index (χ0) is 14.2. The van der Waals surface area contributed by atoms with E-state index in [0.29, 0.717) is 13.0 Å². The van der Waals surface area contributed by atoms with Crippen LogP contribution in [0, 0.1) is 0 Å². The molecule has 0 saturated heterocycles. The fourth-order valence-electron chi connectivity index (χ4n) is 2.67. The maximum atomic E-state index is 11.6. The minimum atomic E-state index is 0.161. The van der Waals surface area contributed by atoms with Gasteiger partial charge in [0.25, 0.3) is 0 Å². The highest BCUT2D eigenvalue weighted by Crippen LogP contribution is 2.14. The maximum absolute atomic E-state index is 11.6. The number of hydrogen-bond donors (Lipinski definition) is 1. The van der Waals surface area contributed by atoms with E-state index in [2.05, 4.69) is 27.0 Å². The van der Waals surface area contributed by atoms with Gasteiger partial charge in [0.1, 0.15) is 11.6 Å². The quantitative estimate of drug-likeness (QED) is 0.778. The van der Waals surface area contributed by atoms with Crippen molar-refractivity contribution in [3.05, 3.63) is 11.6 Å². The van der Waals surface area contributed by atoms with Gasteiger partial charge in [-0.05, 0) is 19.3 Å². The average Bonchev–Trinajstić information content (AvgIpc) is 2.68. The van der Waals surface area contributed by atoms with Gasteiger partial charge in [0.15, 0.2) is 0 Å². The van der Waals surface area contributed by atoms with Crippen LogP contribution in [-0.2, 0) is 24.2 Å². The zero-order valence-corrected chi connectivity index (χ0v) is 12.5. The van der Waals surface area contributed by atoms with Gasteiger partial charge in [-0.25, -0.2) is 0 Å². The second kappa shape index (κ2) is 8.02. The van der Waals surface area contributed by atoms with E-state index in [0.717, 1.165) is 50.3 Å². The van der Waals surface area contributed by atoms with Crippen molar-refractivity contribution in [2.24, 2.45) is 0 Å². The van der Waals surface area contributed by atoms with Crippen LogP contribution in [0.15, 0.2) is 0 Å². The molecule has 2 rings (SSSR count). The lowest BCUT2D eigenvalue weighted by Gasteiger charge is -2.08. The van der Waals surface area contributed by atoms with Crippen LogP contribution in [0.25, 0.3) is 0 Å². The van der Waals surface area contributed by atoms with Crippen molar-refractivity contribution in [1.82, 2.24) is 20.1 Å². The number of nitrogens with zero attached hydrogens (tertiary/aromatic N) is 3. The van der Waals surface area contributed by atoms with Gasteiger partial charge >= 0.3 is 0 Å². The summed E-state index contributed by atoms with van der Waals surface area (Å²) in [5.74, 6) is 2.30. The minimum absolute atomic E-state index is 0.161. The third-order valence-electron chi connectivity index (χ3n) is 3.86. The normalized spacial score (nSPS) is 14.7. The number of carbonyl (C=O) groups is 1. The van der Waals surface area contributed by atoms with Gasteiger partial charge in [-0.3, -0.25) is 4.79 Å². The number of fused-ring (bicyclic) bond motifs is 1. The highest BCUT2D eigenvalue weighted by molar-refractivity contribution is 5.75. The second-order valence-corrected chi connectivity index (χ2v) is 5.55. The molecule has 112 valence electrons. The van der Waals surface area contributed by atoms with Gasteiger partial charge < -0.3 is 9.88 Å². The van der Waals surface area contributed by atoms with Crippen LogP contribution >= 0.6 is 0 Å². The summed E-state index contributed by atoms with van der Waals surface area (Å²) in [6, 6.07) is 0. The van der Waals surface area contributed by atoms with Crippen molar-refractivity contribution in [3.8, 4) is 0 Å². The molecule has 0 radical (unpaired) electrons. The van der Waals surface area contributed by atoms with Gasteiger partial charge in [-0.2, -0.15) is 0 Å². The standard InChI is InChI=1S/C15H26N4O/c1-2-3-5-9-15(20)16-11-10-14-18-17-13-8-6-4-7-12-19(13)14/h2-12H2,1H3,(H,16,20). The first-order valence-corrected chi connectivity index (χ1v) is 7.99. The van der Waals surface area contributed by atoms with E-state index in [1.807, 2.05) is 0 Å². The topological polar surface area (TPSA) is 59.8 Å². The summed E-state index contributed by atoms with van der Waals surface area (Å²) in [5.41, 5.74) is 0. The smallest absolute Gasteiger partial charge is 0.220 e. The van der Waals surface area contributed by atoms with E-state index in [9.17, 15) is 4.79 Å². The van der Waals surface area contributed by atoms with Crippen LogP contribution in [0.1, 0.15) is 63.5 Å². The molecule has 0 aromatic carbocycles. The van der Waals surface area contributed by atoms with E-state index >= 15 is 0 Å². The number of amides is 1. The Bertz CT molecular complexity index is 428. The van der Waals surface area contributed by atoms with Gasteiger partial charge in [-0.1, -0.05) is 26.2 Å². The van der Waals surface area contributed by atoms with Crippen LogP contribution in [0.2, 0.25) is 0 Å². The summed E-state index contributed by atoms with van der Waals surface area (Å²) in [4.78, 5) is 11.6. The van der Waals surface area contributed by atoms with Gasteiger partial charge in [-0.15, -0.1) is 10.2 Å². The predicted octanol–water partition coefficient (Wildman–Crippen LogP) is 2.24. The fraction of sp³-hybridized carbons (Fsp3) is 0.800. The van der Waals surface area contributed by atoms with Gasteiger partial charge in [0.2, 0.25) is 5.91 Å². The minimum Gasteiger partial charge on any atom is -0.356 e. The largest absolute Gasteiger partial charge is 0.356 e. The molecule has 0 fully saturated rings. The molecule has 1 aromatic heterocycles. The molecule has 0 unspecified atom stereocenters. The SMILES string of the molecule is CCCCCC(=O)NCCc1nnc2n1CCCCC2. The second-order valence-electron chi connectivity index (χ2n) is 5.55. The highest BCUT2D eigenvalue weighted by atomic mass is 16.1. The molecule has 0 spiro atoms. The Morgan fingerprint density at radius 1 is 1.25 bits per heavy atom. The average molecular weight is 278 g/mol. The number of nitrogens with one attached hydrogen (secondary N) is 1. The molecule has 5 heteroatoms. The summed E-state index contributed by atoms with van der Waals surface area (Å²) in [5, 5.41) is 11.5. The number of carbonyl (C=O) groups excluding carboxylic acids is 1. The third kappa shape index (κ3) is 4.32.